The molecular formula is C43H43IN6O15. The average molecular weight is 1010 g/mol. The van der Waals surface area contributed by atoms with E-state index < -0.39 is 124 Å². The minimum atomic E-state index is -1.76. The Labute approximate surface area is 383 Å². The number of amides is 4. The lowest BCUT2D eigenvalue weighted by Gasteiger charge is -2.25. The second-order valence-electron chi connectivity index (χ2n) is 14.7. The number of carboxylic acid groups (broad SMARTS) is 1. The summed E-state index contributed by atoms with van der Waals surface area (Å²) in [6.07, 6.45) is -2.23. The van der Waals surface area contributed by atoms with Crippen LogP contribution in [-0.4, -0.2) is 97.3 Å². The van der Waals surface area contributed by atoms with E-state index in [1.54, 1.807) is 56.3 Å². The number of phenols is 2. The molecule has 0 aliphatic heterocycles. The van der Waals surface area contributed by atoms with Gasteiger partial charge >= 0.3 is 23.3 Å². The number of esters is 1. The van der Waals surface area contributed by atoms with Gasteiger partial charge in [0.05, 0.1) is 28.3 Å². The molecule has 0 aliphatic carbocycles. The van der Waals surface area contributed by atoms with Crippen LogP contribution in [0.5, 0.6) is 11.5 Å². The Morgan fingerprint density at radius 1 is 0.708 bits per heavy atom. The molecule has 21 nitrogen and oxygen atoms in total. The fourth-order valence-corrected chi connectivity index (χ4v) is 6.89. The van der Waals surface area contributed by atoms with E-state index in [0.717, 1.165) is 28.7 Å². The van der Waals surface area contributed by atoms with Crippen LogP contribution >= 0.6 is 22.6 Å². The van der Waals surface area contributed by atoms with Crippen molar-refractivity contribution in [2.24, 2.45) is 0 Å². The third kappa shape index (κ3) is 14.3. The van der Waals surface area contributed by atoms with Crippen molar-refractivity contribution in [1.82, 2.24) is 21.3 Å². The van der Waals surface area contributed by atoms with Crippen molar-refractivity contribution in [2.45, 2.75) is 70.6 Å². The number of nitrogens with zero attached hydrogens (tertiary/aromatic N) is 2. The molecule has 4 atom stereocenters. The van der Waals surface area contributed by atoms with Crippen molar-refractivity contribution in [2.75, 3.05) is 6.61 Å². The number of carbonyl (C=O) groups excluding carboxylic acids is 6. The number of phenolic OH excluding ortho intramolecular Hbond substituents is 2. The van der Waals surface area contributed by atoms with Crippen LogP contribution < -0.4 is 21.3 Å². The summed E-state index contributed by atoms with van der Waals surface area (Å²) in [7, 11) is 0. The molecule has 0 fully saturated rings. The summed E-state index contributed by atoms with van der Waals surface area (Å²) in [4.78, 5) is 114. The summed E-state index contributed by atoms with van der Waals surface area (Å²) in [5.74, 6) is -8.82. The number of ketones is 1. The van der Waals surface area contributed by atoms with Crippen molar-refractivity contribution in [3.63, 3.8) is 0 Å². The molecule has 0 bridgehead atoms. The molecule has 4 aromatic rings. The fourth-order valence-electron chi connectivity index (χ4n) is 6.53. The Balaban J connectivity index is 1.58. The summed E-state index contributed by atoms with van der Waals surface area (Å²) in [5, 5.41) is 62.6. The van der Waals surface area contributed by atoms with Gasteiger partial charge in [-0.1, -0.05) is 48.5 Å². The Morgan fingerprint density at radius 2 is 1.29 bits per heavy atom. The molecule has 0 aliphatic rings. The highest BCUT2D eigenvalue weighted by Crippen LogP contribution is 2.30. The third-order valence-electron chi connectivity index (χ3n) is 9.81. The van der Waals surface area contributed by atoms with E-state index in [1.165, 1.54) is 18.2 Å². The average Bonchev–Trinajstić information content (AvgIpc) is 3.22. The van der Waals surface area contributed by atoms with Gasteiger partial charge in [-0.25, -0.2) is 4.79 Å². The van der Waals surface area contributed by atoms with Crippen LogP contribution in [0.15, 0.2) is 78.9 Å². The molecule has 0 saturated carbocycles. The summed E-state index contributed by atoms with van der Waals surface area (Å²) < 4.78 is 5.99. The monoisotopic (exact) mass is 1010 g/mol. The highest BCUT2D eigenvalue weighted by Gasteiger charge is 2.33. The van der Waals surface area contributed by atoms with Gasteiger partial charge < -0.3 is 41.3 Å². The largest absolute Gasteiger partial charge is 0.502 e. The van der Waals surface area contributed by atoms with Gasteiger partial charge in [0.1, 0.15) is 24.2 Å². The maximum atomic E-state index is 14.1. The Hall–Kier alpha value is -7.50. The number of ether oxygens (including phenoxy) is 1. The highest BCUT2D eigenvalue weighted by atomic mass is 127. The summed E-state index contributed by atoms with van der Waals surface area (Å²) >= 11 is 2.05. The zero-order valence-corrected chi connectivity index (χ0v) is 37.0. The lowest BCUT2D eigenvalue weighted by molar-refractivity contribution is -0.386. The molecule has 0 heterocycles. The standard InChI is InChI=1S/C43H43IN6O15/c1-22-6-4-7-23(2)38(22)43(60)65-21-35(53)29(20-37(55)56)47-40(57)24(3)45-41(58)31(19-27-8-5-9-33(51)39(27)50(63)64)48-42(59)30(16-25-10-13-28(44)14-11-25)46-36(54)18-26-12-15-32(49(61)62)34(52)17-26/h4-15,17,24,29-31,51-52H,16,18-21H2,1-3H3,(H,45,58)(H,46,54)(H,47,57)(H,48,59)(H,55,56)/t24?,29-,30+,31+/m0/s1. The molecule has 1 unspecified atom stereocenters. The zero-order valence-electron chi connectivity index (χ0n) is 34.9. The number of nitro groups is 2. The van der Waals surface area contributed by atoms with E-state index in [2.05, 4.69) is 43.9 Å². The first-order valence-electron chi connectivity index (χ1n) is 19.5. The van der Waals surface area contributed by atoms with Crippen molar-refractivity contribution in [3.05, 3.63) is 136 Å². The lowest BCUT2D eigenvalue weighted by atomic mass is 10.0. The molecule has 0 spiro atoms. The molecule has 65 heavy (non-hydrogen) atoms. The first-order valence-corrected chi connectivity index (χ1v) is 20.6. The normalized spacial score (nSPS) is 12.6. The zero-order chi connectivity index (χ0) is 48.1. The van der Waals surface area contributed by atoms with Gasteiger partial charge in [-0.2, -0.15) is 0 Å². The van der Waals surface area contributed by atoms with Crippen molar-refractivity contribution in [1.29, 1.82) is 0 Å². The van der Waals surface area contributed by atoms with Crippen LogP contribution in [0.4, 0.5) is 11.4 Å². The number of nitro benzene ring substituents is 2. The van der Waals surface area contributed by atoms with E-state index in [4.69, 9.17) is 4.74 Å². The molecule has 342 valence electrons. The SMILES string of the molecule is Cc1cccc(C)c1C(=O)OCC(=O)[C@H](CC(=O)O)NC(=O)C(C)NC(=O)[C@@H](Cc1cccc(O)c1[N+](=O)[O-])NC(=O)[C@@H](Cc1ccc(I)cc1)NC(=O)Cc1ccc([N+](=O)[O-])c(O)c1. The molecule has 7 N–H and O–H groups in total. The molecule has 0 aromatic heterocycles. The van der Waals surface area contributed by atoms with Crippen LogP contribution in [0.25, 0.3) is 0 Å². The predicted molar refractivity (Wildman–Crippen MR) is 237 cm³/mol. The van der Waals surface area contributed by atoms with E-state index in [1.807, 2.05) is 0 Å². The van der Waals surface area contributed by atoms with E-state index >= 15 is 0 Å². The van der Waals surface area contributed by atoms with Crippen LogP contribution in [0.2, 0.25) is 0 Å². The summed E-state index contributed by atoms with van der Waals surface area (Å²) in [6, 6.07) is 12.0. The van der Waals surface area contributed by atoms with Gasteiger partial charge in [0, 0.05) is 28.0 Å². The minimum absolute atomic E-state index is 0.144. The van der Waals surface area contributed by atoms with Crippen LogP contribution in [0.3, 0.4) is 0 Å². The topological polar surface area (TPSA) is 324 Å². The number of hydrogen-bond donors (Lipinski definition) is 7. The number of carboxylic acids is 1. The maximum Gasteiger partial charge on any atom is 0.339 e. The number of aryl methyl sites for hydroxylation is 2. The van der Waals surface area contributed by atoms with Gasteiger partial charge in [0.25, 0.3) is 0 Å². The minimum Gasteiger partial charge on any atom is -0.502 e. The van der Waals surface area contributed by atoms with Crippen LogP contribution in [0.1, 0.15) is 51.5 Å². The Morgan fingerprint density at radius 3 is 1.89 bits per heavy atom. The second kappa shape index (κ2) is 22.7. The van der Waals surface area contributed by atoms with Gasteiger partial charge in [-0.15, -0.1) is 0 Å². The van der Waals surface area contributed by atoms with E-state index in [-0.39, 0.29) is 23.1 Å². The summed E-state index contributed by atoms with van der Waals surface area (Å²) in [5.41, 5.74) is 0.366. The highest BCUT2D eigenvalue weighted by molar-refractivity contribution is 14.1. The van der Waals surface area contributed by atoms with Gasteiger partial charge in [0.2, 0.25) is 23.6 Å². The number of aromatic hydroxyl groups is 2. The first kappa shape index (κ1) is 50.1. The number of hydrogen-bond acceptors (Lipinski definition) is 14. The second-order valence-corrected chi connectivity index (χ2v) is 16.0. The summed E-state index contributed by atoms with van der Waals surface area (Å²) in [6.45, 7) is 3.54. The van der Waals surface area contributed by atoms with E-state index in [9.17, 15) is 69.1 Å². The quantitative estimate of drug-likeness (QED) is 0.0273. The smallest absolute Gasteiger partial charge is 0.339 e. The van der Waals surface area contributed by atoms with Crippen molar-refractivity contribution < 1.29 is 63.5 Å². The van der Waals surface area contributed by atoms with Gasteiger partial charge in [-0.3, -0.25) is 49.0 Å². The molecule has 0 saturated heterocycles. The number of aliphatic carboxylic acids is 1. The molecule has 0 radical (unpaired) electrons. The van der Waals surface area contributed by atoms with Crippen LogP contribution in [0, 0.1) is 37.6 Å². The molecule has 4 rings (SSSR count). The Kier molecular flexibility index (Phi) is 17.5. The molecule has 4 aromatic carbocycles. The number of Topliss-reactive ketones (excluding diaryl/α,β-unsaturated/α-hetero) is 1. The number of rotatable bonds is 21. The van der Waals surface area contributed by atoms with Crippen molar-refractivity contribution >= 4 is 75.3 Å². The number of carbonyl (C=O) groups is 7. The van der Waals surface area contributed by atoms with Crippen LogP contribution in [-0.2, 0) is 52.8 Å². The van der Waals surface area contributed by atoms with Crippen molar-refractivity contribution in [3.8, 4) is 11.5 Å². The maximum absolute atomic E-state index is 14.1. The van der Waals surface area contributed by atoms with Gasteiger partial charge in [0.15, 0.2) is 23.9 Å². The number of nitrogens with one attached hydrogen (secondary N) is 4. The molecular weight excluding hydrogens is 967 g/mol. The Bertz CT molecular complexity index is 2500. The lowest BCUT2D eigenvalue weighted by Crippen LogP contribution is -2.58. The number of para-hydroxylation sites is 1. The third-order valence-corrected chi connectivity index (χ3v) is 10.5. The first-order chi connectivity index (χ1) is 30.6. The van der Waals surface area contributed by atoms with Gasteiger partial charge in [-0.05, 0) is 89.9 Å². The molecule has 4 amide bonds. The number of halogens is 1. The fraction of sp³-hybridized carbons (Fsp3) is 0.279. The van der Waals surface area contributed by atoms with E-state index in [0.29, 0.717) is 16.7 Å². The predicted octanol–water partition coefficient (Wildman–Crippen LogP) is 3.02. The molecule has 22 heteroatoms. The number of benzene rings is 4.